The van der Waals surface area contributed by atoms with E-state index in [2.05, 4.69) is 4.98 Å². The number of hydrogen-bond donors (Lipinski definition) is 1. The second-order valence-corrected chi connectivity index (χ2v) is 5.43. The molecule has 2 rings (SSSR count). The van der Waals surface area contributed by atoms with Gasteiger partial charge in [-0.3, -0.25) is 4.79 Å². The quantitative estimate of drug-likeness (QED) is 0.853. The lowest BCUT2D eigenvalue weighted by Gasteiger charge is -2.23. The second-order valence-electron chi connectivity index (χ2n) is 4.51. The van der Waals surface area contributed by atoms with Crippen LogP contribution in [-0.2, 0) is 15.1 Å². The molecule has 0 saturated carbocycles. The second kappa shape index (κ2) is 4.65. The molecule has 0 spiro atoms. The summed E-state index contributed by atoms with van der Waals surface area (Å²) in [6.45, 7) is 4.84. The van der Waals surface area contributed by atoms with Gasteiger partial charge in [-0.05, 0) is 32.2 Å². The number of thiophene rings is 1. The highest BCUT2D eigenvalue weighted by Gasteiger charge is 2.34. The first-order valence-electron chi connectivity index (χ1n) is 5.79. The Labute approximate surface area is 112 Å². The number of fused-ring (bicyclic) bond motifs is 1. The number of hydrogen-bond acceptors (Lipinski definition) is 5. The molecule has 0 unspecified atom stereocenters. The Hall–Kier alpha value is -1.89. The van der Waals surface area contributed by atoms with Crippen molar-refractivity contribution in [3.63, 3.8) is 0 Å². The molecule has 6 nitrogen and oxygen atoms in total. The van der Waals surface area contributed by atoms with Gasteiger partial charge in [-0.25, -0.2) is 14.2 Å². The fourth-order valence-electron chi connectivity index (χ4n) is 1.84. The Kier molecular flexibility index (Phi) is 3.32. The lowest BCUT2D eigenvalue weighted by molar-refractivity contribution is -0.152. The van der Waals surface area contributed by atoms with Crippen LogP contribution in [0.15, 0.2) is 21.0 Å². The van der Waals surface area contributed by atoms with E-state index < -0.39 is 22.8 Å². The van der Waals surface area contributed by atoms with Crippen molar-refractivity contribution >= 4 is 27.5 Å². The normalized spacial score (nSPS) is 11.7. The molecule has 0 aliphatic carbocycles. The van der Waals surface area contributed by atoms with Crippen LogP contribution in [0.4, 0.5) is 0 Å². The number of esters is 1. The highest BCUT2D eigenvalue weighted by molar-refractivity contribution is 7.17. The zero-order valence-electron chi connectivity index (χ0n) is 10.9. The molecule has 0 saturated heterocycles. The van der Waals surface area contributed by atoms with Gasteiger partial charge in [0.15, 0.2) is 0 Å². The van der Waals surface area contributed by atoms with E-state index in [0.29, 0.717) is 10.2 Å². The van der Waals surface area contributed by atoms with Crippen molar-refractivity contribution in [3.05, 3.63) is 32.3 Å². The van der Waals surface area contributed by atoms with E-state index in [0.717, 1.165) is 4.57 Å². The summed E-state index contributed by atoms with van der Waals surface area (Å²) in [4.78, 5) is 38.8. The molecule has 0 fully saturated rings. The van der Waals surface area contributed by atoms with E-state index in [1.165, 1.54) is 25.2 Å². The summed E-state index contributed by atoms with van der Waals surface area (Å²) in [6, 6.07) is 1.66. The topological polar surface area (TPSA) is 81.2 Å². The van der Waals surface area contributed by atoms with Crippen LogP contribution in [0, 0.1) is 0 Å². The number of aromatic nitrogens is 2. The average molecular weight is 282 g/mol. The van der Waals surface area contributed by atoms with Gasteiger partial charge in [0.2, 0.25) is 0 Å². The Morgan fingerprint density at radius 2 is 2.16 bits per heavy atom. The van der Waals surface area contributed by atoms with E-state index >= 15 is 0 Å². The molecule has 0 radical (unpaired) electrons. The standard InChI is InChI=1S/C12H14N2O4S/c1-4-18-10(16)12(2,3)14-9(15)8-7(5-6-19-8)13-11(14)17/h5-6H,4H2,1-3H3,(H,13,17). The van der Waals surface area contributed by atoms with Crippen LogP contribution in [0.2, 0.25) is 0 Å². The first-order chi connectivity index (χ1) is 8.89. The summed E-state index contributed by atoms with van der Waals surface area (Å²) in [6.07, 6.45) is 0. The van der Waals surface area contributed by atoms with Crippen molar-refractivity contribution in [2.75, 3.05) is 6.61 Å². The molecule has 2 heterocycles. The molecule has 0 aliphatic heterocycles. The van der Waals surface area contributed by atoms with Crippen molar-refractivity contribution in [1.29, 1.82) is 0 Å². The van der Waals surface area contributed by atoms with Gasteiger partial charge in [0, 0.05) is 0 Å². The van der Waals surface area contributed by atoms with E-state index in [9.17, 15) is 14.4 Å². The van der Waals surface area contributed by atoms with Crippen LogP contribution in [0.5, 0.6) is 0 Å². The van der Waals surface area contributed by atoms with Crippen molar-refractivity contribution in [2.45, 2.75) is 26.3 Å². The zero-order chi connectivity index (χ0) is 14.2. The molecular weight excluding hydrogens is 268 g/mol. The monoisotopic (exact) mass is 282 g/mol. The van der Waals surface area contributed by atoms with Crippen molar-refractivity contribution in [3.8, 4) is 0 Å². The van der Waals surface area contributed by atoms with Gasteiger partial charge in [0.25, 0.3) is 5.56 Å². The predicted octanol–water partition coefficient (Wildman–Crippen LogP) is 1.05. The van der Waals surface area contributed by atoms with Crippen LogP contribution in [0.1, 0.15) is 20.8 Å². The average Bonchev–Trinajstić information content (AvgIpc) is 2.77. The number of carbonyl (C=O) groups excluding carboxylic acids is 1. The summed E-state index contributed by atoms with van der Waals surface area (Å²) in [5.41, 5.74) is -1.96. The maximum atomic E-state index is 12.3. The van der Waals surface area contributed by atoms with E-state index in [1.807, 2.05) is 0 Å². The van der Waals surface area contributed by atoms with Crippen LogP contribution in [-0.4, -0.2) is 22.1 Å². The third-order valence-corrected chi connectivity index (χ3v) is 3.74. The minimum Gasteiger partial charge on any atom is -0.464 e. The number of aromatic amines is 1. The molecule has 0 amide bonds. The Morgan fingerprint density at radius 1 is 1.47 bits per heavy atom. The molecule has 102 valence electrons. The summed E-state index contributed by atoms with van der Waals surface area (Å²) >= 11 is 1.22. The highest BCUT2D eigenvalue weighted by Crippen LogP contribution is 2.17. The maximum absolute atomic E-state index is 12.3. The lowest BCUT2D eigenvalue weighted by atomic mass is 10.1. The van der Waals surface area contributed by atoms with Crippen LogP contribution >= 0.6 is 11.3 Å². The minimum atomic E-state index is -1.35. The largest absolute Gasteiger partial charge is 0.464 e. The van der Waals surface area contributed by atoms with Gasteiger partial charge < -0.3 is 9.72 Å². The lowest BCUT2D eigenvalue weighted by Crippen LogP contribution is -2.51. The van der Waals surface area contributed by atoms with Gasteiger partial charge in [-0.2, -0.15) is 0 Å². The fraction of sp³-hybridized carbons (Fsp3) is 0.417. The summed E-state index contributed by atoms with van der Waals surface area (Å²) in [5, 5.41) is 1.71. The zero-order valence-corrected chi connectivity index (χ0v) is 11.7. The van der Waals surface area contributed by atoms with Crippen LogP contribution in [0.3, 0.4) is 0 Å². The molecule has 7 heteroatoms. The summed E-state index contributed by atoms with van der Waals surface area (Å²) in [5.74, 6) is -0.612. The predicted molar refractivity (Wildman–Crippen MR) is 72.7 cm³/mol. The van der Waals surface area contributed by atoms with E-state index in [4.69, 9.17) is 4.74 Å². The molecule has 1 N–H and O–H groups in total. The Balaban J connectivity index is 2.71. The van der Waals surface area contributed by atoms with Gasteiger partial charge >= 0.3 is 11.7 Å². The number of H-pyrrole nitrogens is 1. The molecule has 19 heavy (non-hydrogen) atoms. The van der Waals surface area contributed by atoms with Crippen molar-refractivity contribution in [2.24, 2.45) is 0 Å². The molecule has 2 aromatic heterocycles. The third-order valence-electron chi connectivity index (χ3n) is 2.84. The molecule has 0 atom stereocenters. The third kappa shape index (κ3) is 2.10. The number of rotatable bonds is 3. The molecular formula is C12H14N2O4S. The first-order valence-corrected chi connectivity index (χ1v) is 6.67. The number of carbonyl (C=O) groups is 1. The van der Waals surface area contributed by atoms with Crippen molar-refractivity contribution in [1.82, 2.24) is 9.55 Å². The number of nitrogens with one attached hydrogen (secondary N) is 1. The summed E-state index contributed by atoms with van der Waals surface area (Å²) < 4.78 is 6.24. The highest BCUT2D eigenvalue weighted by atomic mass is 32.1. The number of ether oxygens (including phenoxy) is 1. The summed E-state index contributed by atoms with van der Waals surface area (Å²) in [7, 11) is 0. The molecule has 0 aliphatic rings. The van der Waals surface area contributed by atoms with E-state index in [-0.39, 0.29) is 6.61 Å². The van der Waals surface area contributed by atoms with Crippen molar-refractivity contribution < 1.29 is 9.53 Å². The van der Waals surface area contributed by atoms with Gasteiger partial charge in [-0.15, -0.1) is 11.3 Å². The fourth-order valence-corrected chi connectivity index (χ4v) is 2.62. The Morgan fingerprint density at radius 3 is 2.79 bits per heavy atom. The Bertz CT molecular complexity index is 738. The van der Waals surface area contributed by atoms with Gasteiger partial charge in [0.05, 0.1) is 12.1 Å². The van der Waals surface area contributed by atoms with Crippen LogP contribution < -0.4 is 11.2 Å². The van der Waals surface area contributed by atoms with Crippen LogP contribution in [0.25, 0.3) is 10.2 Å². The minimum absolute atomic E-state index is 0.191. The SMILES string of the molecule is CCOC(=O)C(C)(C)n1c(=O)[nH]c2ccsc2c1=O. The first kappa shape index (κ1) is 13.5. The molecule has 0 aromatic carbocycles. The van der Waals surface area contributed by atoms with E-state index in [1.54, 1.807) is 18.4 Å². The smallest absolute Gasteiger partial charge is 0.332 e. The molecule has 2 aromatic rings. The van der Waals surface area contributed by atoms with Gasteiger partial charge in [0.1, 0.15) is 10.2 Å². The number of nitrogens with zero attached hydrogens (tertiary/aromatic N) is 1. The maximum Gasteiger partial charge on any atom is 0.332 e. The van der Waals surface area contributed by atoms with Gasteiger partial charge in [-0.1, -0.05) is 0 Å². The molecule has 0 bridgehead atoms.